The van der Waals surface area contributed by atoms with E-state index in [1.54, 1.807) is 18.3 Å². The van der Waals surface area contributed by atoms with Gasteiger partial charge in [-0.25, -0.2) is 13.8 Å². The fraction of sp³-hybridized carbons (Fsp3) is 0.312. The van der Waals surface area contributed by atoms with Crippen molar-refractivity contribution in [3.05, 3.63) is 53.7 Å². The Hall–Kier alpha value is -2.17. The quantitative estimate of drug-likeness (QED) is 0.891. The summed E-state index contributed by atoms with van der Waals surface area (Å²) in [7, 11) is 0. The number of halogens is 2. The van der Waals surface area contributed by atoms with Crippen LogP contribution in [0.1, 0.15) is 32.4 Å². The zero-order valence-corrected chi connectivity index (χ0v) is 12.2. The van der Waals surface area contributed by atoms with Gasteiger partial charge in [0.1, 0.15) is 0 Å². The van der Waals surface area contributed by atoms with Crippen molar-refractivity contribution in [3.63, 3.8) is 0 Å². The summed E-state index contributed by atoms with van der Waals surface area (Å²) in [5, 5.41) is 3.20. The number of aromatic nitrogens is 1. The zero-order valence-electron chi connectivity index (χ0n) is 12.2. The van der Waals surface area contributed by atoms with Crippen LogP contribution in [-0.4, -0.2) is 11.1 Å². The second-order valence-electron chi connectivity index (χ2n) is 5.06. The Morgan fingerprint density at radius 2 is 1.86 bits per heavy atom. The second kappa shape index (κ2) is 6.52. The number of ether oxygens (including phenoxy) is 1. The molecule has 2 aromatic rings. The topological polar surface area (TPSA) is 34.1 Å². The van der Waals surface area contributed by atoms with Gasteiger partial charge in [0.05, 0.1) is 11.8 Å². The van der Waals surface area contributed by atoms with Crippen molar-refractivity contribution in [1.29, 1.82) is 0 Å². The van der Waals surface area contributed by atoms with Gasteiger partial charge >= 0.3 is 0 Å². The number of pyridine rings is 1. The Kier molecular flexibility index (Phi) is 4.73. The number of hydrogen-bond acceptors (Lipinski definition) is 3. The molecule has 0 aliphatic heterocycles. The van der Waals surface area contributed by atoms with Crippen LogP contribution in [-0.2, 0) is 0 Å². The molecule has 0 saturated heterocycles. The van der Waals surface area contributed by atoms with E-state index in [1.807, 2.05) is 26.8 Å². The average molecular weight is 292 g/mol. The van der Waals surface area contributed by atoms with Crippen molar-refractivity contribution in [2.45, 2.75) is 32.9 Å². The molecule has 0 spiro atoms. The van der Waals surface area contributed by atoms with Gasteiger partial charge in [0.2, 0.25) is 5.88 Å². The Balaban J connectivity index is 2.19. The first-order valence-electron chi connectivity index (χ1n) is 6.80. The highest BCUT2D eigenvalue weighted by atomic mass is 19.2. The molecule has 0 saturated carbocycles. The largest absolute Gasteiger partial charge is 0.473 e. The van der Waals surface area contributed by atoms with Crippen molar-refractivity contribution in [2.24, 2.45) is 0 Å². The van der Waals surface area contributed by atoms with Gasteiger partial charge < -0.3 is 10.1 Å². The minimum atomic E-state index is -0.856. The molecule has 0 aliphatic rings. The van der Waals surface area contributed by atoms with E-state index in [2.05, 4.69) is 10.3 Å². The van der Waals surface area contributed by atoms with E-state index in [9.17, 15) is 8.78 Å². The van der Waals surface area contributed by atoms with E-state index in [0.717, 1.165) is 6.07 Å². The Bertz CT molecular complexity index is 617. The first kappa shape index (κ1) is 15.2. The van der Waals surface area contributed by atoms with Crippen LogP contribution in [0.25, 0.3) is 0 Å². The maximum Gasteiger partial charge on any atom is 0.237 e. The summed E-state index contributed by atoms with van der Waals surface area (Å²) in [6.45, 7) is 5.69. The zero-order chi connectivity index (χ0) is 15.4. The second-order valence-corrected chi connectivity index (χ2v) is 5.06. The standard InChI is InChI=1S/C16H18F2N2O/c1-10(2)21-16-15(5-4-8-19-16)20-11(3)12-6-7-13(17)14(18)9-12/h4-11,20H,1-3H3. The number of nitrogens with one attached hydrogen (secondary N) is 1. The molecule has 1 atom stereocenters. The summed E-state index contributed by atoms with van der Waals surface area (Å²) in [6.07, 6.45) is 1.64. The molecule has 0 bridgehead atoms. The highest BCUT2D eigenvalue weighted by Gasteiger charge is 2.13. The summed E-state index contributed by atoms with van der Waals surface area (Å²) in [4.78, 5) is 4.18. The molecule has 0 amide bonds. The molecule has 1 heterocycles. The van der Waals surface area contributed by atoms with Crippen LogP contribution in [0.3, 0.4) is 0 Å². The van der Waals surface area contributed by atoms with Crippen LogP contribution in [0.5, 0.6) is 5.88 Å². The van der Waals surface area contributed by atoms with Gasteiger partial charge in [0.25, 0.3) is 0 Å². The average Bonchev–Trinajstić information content (AvgIpc) is 2.43. The normalized spacial score (nSPS) is 12.3. The van der Waals surface area contributed by atoms with Crippen LogP contribution in [0.4, 0.5) is 14.5 Å². The maximum absolute atomic E-state index is 13.3. The Morgan fingerprint density at radius 1 is 1.10 bits per heavy atom. The molecule has 1 aromatic carbocycles. The first-order chi connectivity index (χ1) is 9.97. The molecule has 0 aliphatic carbocycles. The summed E-state index contributed by atoms with van der Waals surface area (Å²) in [5.41, 5.74) is 1.36. The monoisotopic (exact) mass is 292 g/mol. The molecular formula is C16H18F2N2O. The molecule has 1 unspecified atom stereocenters. The number of nitrogens with zero attached hydrogens (tertiary/aromatic N) is 1. The predicted molar refractivity (Wildman–Crippen MR) is 78.4 cm³/mol. The number of hydrogen-bond donors (Lipinski definition) is 1. The highest BCUT2D eigenvalue weighted by Crippen LogP contribution is 2.27. The van der Waals surface area contributed by atoms with Crippen LogP contribution in [0.2, 0.25) is 0 Å². The van der Waals surface area contributed by atoms with Crippen LogP contribution in [0.15, 0.2) is 36.5 Å². The lowest BCUT2D eigenvalue weighted by Crippen LogP contribution is -2.12. The summed E-state index contributed by atoms with van der Waals surface area (Å²) < 4.78 is 31.9. The van der Waals surface area contributed by atoms with Gasteiger partial charge in [-0.15, -0.1) is 0 Å². The lowest BCUT2D eigenvalue weighted by atomic mass is 10.1. The van der Waals surface area contributed by atoms with E-state index < -0.39 is 11.6 Å². The van der Waals surface area contributed by atoms with E-state index in [4.69, 9.17) is 4.74 Å². The molecular weight excluding hydrogens is 274 g/mol. The van der Waals surface area contributed by atoms with Crippen molar-refractivity contribution in [2.75, 3.05) is 5.32 Å². The number of rotatable bonds is 5. The van der Waals surface area contributed by atoms with Gasteiger partial charge in [-0.2, -0.15) is 0 Å². The molecule has 2 rings (SSSR count). The number of anilines is 1. The molecule has 5 heteroatoms. The summed E-state index contributed by atoms with van der Waals surface area (Å²) >= 11 is 0. The van der Waals surface area contributed by atoms with Crippen LogP contribution in [0, 0.1) is 11.6 Å². The third-order valence-electron chi connectivity index (χ3n) is 2.93. The molecule has 3 nitrogen and oxygen atoms in total. The van der Waals surface area contributed by atoms with Crippen LogP contribution >= 0.6 is 0 Å². The van der Waals surface area contributed by atoms with E-state index in [1.165, 1.54) is 6.07 Å². The fourth-order valence-electron chi connectivity index (χ4n) is 1.92. The van der Waals surface area contributed by atoms with E-state index in [-0.39, 0.29) is 12.1 Å². The minimum absolute atomic E-state index is 0.000906. The summed E-state index contributed by atoms with van der Waals surface area (Å²) in [5.74, 6) is -1.22. The maximum atomic E-state index is 13.3. The molecule has 112 valence electrons. The first-order valence-corrected chi connectivity index (χ1v) is 6.80. The number of benzene rings is 1. The van der Waals surface area contributed by atoms with Gasteiger partial charge in [-0.1, -0.05) is 6.07 Å². The summed E-state index contributed by atoms with van der Waals surface area (Å²) in [6, 6.07) is 7.27. The Morgan fingerprint density at radius 3 is 2.52 bits per heavy atom. The third-order valence-corrected chi connectivity index (χ3v) is 2.93. The molecule has 21 heavy (non-hydrogen) atoms. The van der Waals surface area contributed by atoms with Gasteiger partial charge in [-0.05, 0) is 50.6 Å². The van der Waals surface area contributed by atoms with Gasteiger partial charge in [0, 0.05) is 12.2 Å². The van der Waals surface area contributed by atoms with E-state index in [0.29, 0.717) is 17.1 Å². The van der Waals surface area contributed by atoms with Crippen molar-refractivity contribution in [1.82, 2.24) is 4.98 Å². The molecule has 1 aromatic heterocycles. The molecule has 0 radical (unpaired) electrons. The van der Waals surface area contributed by atoms with Crippen molar-refractivity contribution >= 4 is 5.69 Å². The molecule has 1 N–H and O–H groups in total. The highest BCUT2D eigenvalue weighted by molar-refractivity contribution is 5.53. The van der Waals surface area contributed by atoms with E-state index >= 15 is 0 Å². The van der Waals surface area contributed by atoms with Gasteiger partial charge in [0.15, 0.2) is 11.6 Å². The van der Waals surface area contributed by atoms with Crippen molar-refractivity contribution in [3.8, 4) is 5.88 Å². The lowest BCUT2D eigenvalue weighted by molar-refractivity contribution is 0.234. The SMILES string of the molecule is CC(C)Oc1ncccc1NC(C)c1ccc(F)c(F)c1. The smallest absolute Gasteiger partial charge is 0.237 e. The van der Waals surface area contributed by atoms with Crippen molar-refractivity contribution < 1.29 is 13.5 Å². The minimum Gasteiger partial charge on any atom is -0.473 e. The third kappa shape index (κ3) is 3.90. The van der Waals surface area contributed by atoms with Gasteiger partial charge in [-0.3, -0.25) is 0 Å². The predicted octanol–water partition coefficient (Wildman–Crippen LogP) is 4.32. The Labute approximate surface area is 123 Å². The lowest BCUT2D eigenvalue weighted by Gasteiger charge is -2.19. The van der Waals surface area contributed by atoms with Crippen LogP contribution < -0.4 is 10.1 Å². The molecule has 0 fully saturated rings. The fourth-order valence-corrected chi connectivity index (χ4v) is 1.92.